The van der Waals surface area contributed by atoms with Crippen LogP contribution < -0.4 is 14.9 Å². The number of thiazole rings is 1. The van der Waals surface area contributed by atoms with Gasteiger partial charge in [0.1, 0.15) is 17.6 Å². The highest BCUT2D eigenvalue weighted by Gasteiger charge is 2.26. The Morgan fingerprint density at radius 2 is 1.85 bits per heavy atom. The second-order valence-electron chi connectivity index (χ2n) is 7.66. The summed E-state index contributed by atoms with van der Waals surface area (Å²) < 4.78 is 11.5. The molecule has 3 aromatic carbocycles. The van der Waals surface area contributed by atoms with E-state index in [4.69, 9.17) is 19.6 Å². The number of halogens is 1. The van der Waals surface area contributed by atoms with Crippen molar-refractivity contribution in [1.29, 1.82) is 0 Å². The van der Waals surface area contributed by atoms with Crippen molar-refractivity contribution < 1.29 is 9.47 Å². The smallest absolute Gasteiger partial charge is 0.203 e. The van der Waals surface area contributed by atoms with Gasteiger partial charge in [-0.2, -0.15) is 5.10 Å². The molecule has 0 amide bonds. The molecule has 0 saturated heterocycles. The molecule has 4 aromatic rings. The number of aromatic nitrogens is 1. The van der Waals surface area contributed by atoms with Crippen molar-refractivity contribution in [2.24, 2.45) is 5.10 Å². The van der Waals surface area contributed by atoms with Crippen LogP contribution in [0.15, 0.2) is 83.3 Å². The molecule has 168 valence electrons. The number of hydrazone groups is 1. The highest BCUT2D eigenvalue weighted by molar-refractivity contribution is 8.93. The molecule has 1 atom stereocenters. The number of aryl methyl sites for hydroxylation is 1. The van der Waals surface area contributed by atoms with Crippen LogP contribution in [0.4, 0.5) is 5.13 Å². The van der Waals surface area contributed by atoms with Gasteiger partial charge in [0, 0.05) is 22.9 Å². The highest BCUT2D eigenvalue weighted by Crippen LogP contribution is 2.36. The molecule has 2 heterocycles. The zero-order valence-corrected chi connectivity index (χ0v) is 20.8. The molecule has 0 aliphatic carbocycles. The maximum atomic E-state index is 6.30. The predicted molar refractivity (Wildman–Crippen MR) is 140 cm³/mol. The first-order chi connectivity index (χ1) is 15.7. The topological polar surface area (TPSA) is 55.7 Å². The highest BCUT2D eigenvalue weighted by atomic mass is 79.9. The lowest BCUT2D eigenvalue weighted by atomic mass is 9.94. The Hall–Kier alpha value is -3.16. The van der Waals surface area contributed by atoms with Gasteiger partial charge < -0.3 is 9.47 Å². The van der Waals surface area contributed by atoms with E-state index in [0.717, 1.165) is 44.7 Å². The molecule has 7 heteroatoms. The van der Waals surface area contributed by atoms with Crippen LogP contribution in [0.2, 0.25) is 0 Å². The Bertz CT molecular complexity index is 1260. The Kier molecular flexibility index (Phi) is 7.11. The third-order valence-corrected chi connectivity index (χ3v) is 6.19. The number of ether oxygens (including phenoxy) is 2. The molecule has 0 spiro atoms. The summed E-state index contributed by atoms with van der Waals surface area (Å²) in [7, 11) is 1.66. The van der Waals surface area contributed by atoms with Gasteiger partial charge in [-0.25, -0.2) is 4.98 Å². The van der Waals surface area contributed by atoms with Crippen molar-refractivity contribution in [3.05, 3.63) is 94.9 Å². The lowest BCUT2D eigenvalue weighted by Crippen LogP contribution is -2.22. The molecule has 0 bridgehead atoms. The van der Waals surface area contributed by atoms with Gasteiger partial charge in [-0.3, -0.25) is 5.43 Å². The summed E-state index contributed by atoms with van der Waals surface area (Å²) >= 11 is 1.53. The standard InChI is InChI=1S/C26H23N3O2S.BrH/c1-17-8-13-24-21(14-17)22(15-25(31-24)19-6-4-3-5-7-19)28-29-26-27-23(16-32-26)18-9-11-20(30-2)12-10-18;/h3-14,16,25H,15H2,1-2H3,(H,27,29);1H/b28-22+;. The number of hydrogen-bond donors (Lipinski definition) is 1. The summed E-state index contributed by atoms with van der Waals surface area (Å²) in [4.78, 5) is 4.70. The number of hydrogen-bond acceptors (Lipinski definition) is 6. The number of rotatable bonds is 5. The number of anilines is 1. The SMILES string of the molecule is Br.COc1ccc(-c2csc(N/N=C3\CC(c4ccccc4)Oc4ccc(C)cc43)n2)cc1. The molecular weight excluding hydrogens is 498 g/mol. The number of benzene rings is 3. The van der Waals surface area contributed by atoms with Crippen LogP contribution in [-0.2, 0) is 0 Å². The maximum absolute atomic E-state index is 6.30. The van der Waals surface area contributed by atoms with E-state index in [1.165, 1.54) is 16.9 Å². The zero-order valence-electron chi connectivity index (χ0n) is 18.3. The van der Waals surface area contributed by atoms with Crippen LogP contribution >= 0.6 is 28.3 Å². The fourth-order valence-electron chi connectivity index (χ4n) is 3.75. The van der Waals surface area contributed by atoms with E-state index in [-0.39, 0.29) is 23.1 Å². The molecular formula is C26H24BrN3O2S. The quantitative estimate of drug-likeness (QED) is 0.286. The molecule has 1 aromatic heterocycles. The van der Waals surface area contributed by atoms with E-state index >= 15 is 0 Å². The van der Waals surface area contributed by atoms with Crippen LogP contribution in [0.3, 0.4) is 0 Å². The lowest BCUT2D eigenvalue weighted by Gasteiger charge is -2.27. The monoisotopic (exact) mass is 521 g/mol. The number of nitrogens with zero attached hydrogens (tertiary/aromatic N) is 2. The van der Waals surface area contributed by atoms with Crippen LogP contribution in [0.5, 0.6) is 11.5 Å². The Labute approximate surface area is 207 Å². The minimum atomic E-state index is -0.0712. The Morgan fingerprint density at radius 1 is 1.06 bits per heavy atom. The van der Waals surface area contributed by atoms with Gasteiger partial charge in [-0.15, -0.1) is 28.3 Å². The number of nitrogens with one attached hydrogen (secondary N) is 1. The number of fused-ring (bicyclic) bond motifs is 1. The van der Waals surface area contributed by atoms with Crippen molar-refractivity contribution in [2.75, 3.05) is 12.5 Å². The third kappa shape index (κ3) is 5.10. The largest absolute Gasteiger partial charge is 0.497 e. The van der Waals surface area contributed by atoms with E-state index in [2.05, 4.69) is 36.6 Å². The van der Waals surface area contributed by atoms with Crippen LogP contribution in [0, 0.1) is 6.92 Å². The van der Waals surface area contributed by atoms with E-state index in [1.54, 1.807) is 7.11 Å². The van der Waals surface area contributed by atoms with Gasteiger partial charge in [-0.05, 0) is 48.9 Å². The molecule has 5 nitrogen and oxygen atoms in total. The second kappa shape index (κ2) is 10.2. The summed E-state index contributed by atoms with van der Waals surface area (Å²) in [6, 6.07) is 24.4. The second-order valence-corrected chi connectivity index (χ2v) is 8.52. The summed E-state index contributed by atoms with van der Waals surface area (Å²) in [5.74, 6) is 1.68. The van der Waals surface area contributed by atoms with Crippen molar-refractivity contribution in [3.63, 3.8) is 0 Å². The van der Waals surface area contributed by atoms with Gasteiger partial charge in [0.2, 0.25) is 5.13 Å². The fourth-order valence-corrected chi connectivity index (χ4v) is 4.41. The molecule has 1 unspecified atom stereocenters. The molecule has 1 aliphatic heterocycles. The predicted octanol–water partition coefficient (Wildman–Crippen LogP) is 7.05. The normalized spacial score (nSPS) is 15.8. The average molecular weight is 522 g/mol. The molecule has 0 radical (unpaired) electrons. The summed E-state index contributed by atoms with van der Waals surface area (Å²) in [5.41, 5.74) is 9.43. The first kappa shape index (κ1) is 23.0. The molecule has 5 rings (SSSR count). The van der Waals surface area contributed by atoms with Crippen LogP contribution in [-0.4, -0.2) is 17.8 Å². The minimum Gasteiger partial charge on any atom is -0.497 e. The van der Waals surface area contributed by atoms with Crippen LogP contribution in [0.25, 0.3) is 11.3 Å². The van der Waals surface area contributed by atoms with Crippen molar-refractivity contribution in [2.45, 2.75) is 19.4 Å². The first-order valence-corrected chi connectivity index (χ1v) is 11.3. The first-order valence-electron chi connectivity index (χ1n) is 10.4. The van der Waals surface area contributed by atoms with Crippen molar-refractivity contribution in [1.82, 2.24) is 4.98 Å². The van der Waals surface area contributed by atoms with Gasteiger partial charge in [0.05, 0.1) is 18.5 Å². The van der Waals surface area contributed by atoms with E-state index < -0.39 is 0 Å². The Balaban J connectivity index is 0.00000259. The zero-order chi connectivity index (χ0) is 21.9. The molecule has 0 fully saturated rings. The van der Waals surface area contributed by atoms with Crippen LogP contribution in [0.1, 0.15) is 29.2 Å². The van der Waals surface area contributed by atoms with Gasteiger partial charge in [0.25, 0.3) is 0 Å². The lowest BCUT2D eigenvalue weighted by molar-refractivity contribution is 0.206. The summed E-state index contributed by atoms with van der Waals surface area (Å²) in [6.45, 7) is 2.08. The van der Waals surface area contributed by atoms with Crippen molar-refractivity contribution in [3.8, 4) is 22.8 Å². The summed E-state index contributed by atoms with van der Waals surface area (Å²) in [6.07, 6.45) is 0.614. The molecule has 0 saturated carbocycles. The molecule has 1 aliphatic rings. The molecule has 33 heavy (non-hydrogen) atoms. The third-order valence-electron chi connectivity index (χ3n) is 5.44. The summed E-state index contributed by atoms with van der Waals surface area (Å²) in [5, 5.41) is 7.54. The maximum Gasteiger partial charge on any atom is 0.203 e. The van der Waals surface area contributed by atoms with Gasteiger partial charge >= 0.3 is 0 Å². The molecule has 1 N–H and O–H groups in total. The van der Waals surface area contributed by atoms with E-state index in [0.29, 0.717) is 6.42 Å². The fraction of sp³-hybridized carbons (Fsp3) is 0.154. The van der Waals surface area contributed by atoms with E-state index in [1.807, 2.05) is 53.9 Å². The van der Waals surface area contributed by atoms with Gasteiger partial charge in [-0.1, -0.05) is 42.0 Å². The van der Waals surface area contributed by atoms with E-state index in [9.17, 15) is 0 Å². The average Bonchev–Trinajstić information content (AvgIpc) is 3.32. The Morgan fingerprint density at radius 3 is 2.61 bits per heavy atom. The minimum absolute atomic E-state index is 0. The van der Waals surface area contributed by atoms with Gasteiger partial charge in [0.15, 0.2) is 0 Å². The number of methoxy groups -OCH3 is 1. The van der Waals surface area contributed by atoms with Crippen molar-refractivity contribution >= 4 is 39.2 Å².